The van der Waals surface area contributed by atoms with Gasteiger partial charge in [0.1, 0.15) is 5.82 Å². The average Bonchev–Trinajstić information content (AvgIpc) is 3.13. The summed E-state index contributed by atoms with van der Waals surface area (Å²) in [5.41, 5.74) is 4.12. The van der Waals surface area contributed by atoms with Gasteiger partial charge in [0.05, 0.1) is 17.9 Å². The monoisotopic (exact) mass is 533 g/mol. The van der Waals surface area contributed by atoms with Gasteiger partial charge in [0, 0.05) is 23.4 Å². The van der Waals surface area contributed by atoms with Crippen LogP contribution >= 0.6 is 23.4 Å². The highest BCUT2D eigenvalue weighted by atomic mass is 35.5. The molecule has 0 unspecified atom stereocenters. The first-order valence-electron chi connectivity index (χ1n) is 12.7. The maximum absolute atomic E-state index is 9.64. The molecule has 0 spiro atoms. The summed E-state index contributed by atoms with van der Waals surface area (Å²) in [7, 11) is 0. The maximum Gasteiger partial charge on any atom is 0.303 e. The van der Waals surface area contributed by atoms with E-state index in [0.29, 0.717) is 0 Å². The van der Waals surface area contributed by atoms with Gasteiger partial charge in [-0.25, -0.2) is 4.98 Å². The zero-order chi connectivity index (χ0) is 25.8. The summed E-state index contributed by atoms with van der Waals surface area (Å²) >= 11 is 8.40. The largest absolute Gasteiger partial charge is 0.481 e. The molecule has 36 heavy (non-hydrogen) atoms. The summed E-state index contributed by atoms with van der Waals surface area (Å²) in [5.74, 6) is 0.562. The highest BCUT2D eigenvalue weighted by molar-refractivity contribution is 7.98. The van der Waals surface area contributed by atoms with Crippen LogP contribution in [0, 0.1) is 5.92 Å². The van der Waals surface area contributed by atoms with Gasteiger partial charge in [-0.3, -0.25) is 9.59 Å². The molecule has 0 bridgehead atoms. The fourth-order valence-electron chi connectivity index (χ4n) is 4.49. The molecule has 1 aromatic heterocycles. The van der Waals surface area contributed by atoms with Crippen LogP contribution < -0.4 is 10.6 Å². The van der Waals surface area contributed by atoms with Gasteiger partial charge in [0.15, 0.2) is 0 Å². The number of thioether (sulfide) groups is 1. The van der Waals surface area contributed by atoms with Crippen LogP contribution in [0.5, 0.6) is 0 Å². The van der Waals surface area contributed by atoms with Crippen molar-refractivity contribution in [3.63, 3.8) is 0 Å². The second-order valence-electron chi connectivity index (χ2n) is 9.28. The highest BCUT2D eigenvalue weighted by Crippen LogP contribution is 2.36. The summed E-state index contributed by atoms with van der Waals surface area (Å²) in [6.07, 6.45) is 10.5. The Morgan fingerprint density at radius 3 is 2.42 bits per heavy atom. The number of carbonyl (C=O) groups is 2. The molecule has 7 nitrogen and oxygen atoms in total. The number of hydrogen-bond donors (Lipinski definition) is 4. The predicted octanol–water partition coefficient (Wildman–Crippen LogP) is 5.64. The van der Waals surface area contributed by atoms with Crippen molar-refractivity contribution in [2.75, 3.05) is 25.0 Å². The quantitative estimate of drug-likeness (QED) is 0.306. The van der Waals surface area contributed by atoms with Gasteiger partial charge in [-0.2, -0.15) is 0 Å². The van der Waals surface area contributed by atoms with Crippen LogP contribution in [0.4, 0.5) is 5.82 Å². The lowest BCUT2D eigenvalue weighted by Gasteiger charge is -2.22. The van der Waals surface area contributed by atoms with E-state index in [0.717, 1.165) is 55.0 Å². The number of anilines is 1. The van der Waals surface area contributed by atoms with Gasteiger partial charge in [-0.1, -0.05) is 43.0 Å². The van der Waals surface area contributed by atoms with E-state index in [1.807, 2.05) is 18.0 Å². The molecule has 0 amide bonds. The number of pyridine rings is 1. The first-order valence-corrected chi connectivity index (χ1v) is 14.0. The topological polar surface area (TPSA) is 112 Å². The van der Waals surface area contributed by atoms with Crippen molar-refractivity contribution >= 4 is 41.1 Å². The number of fused-ring (bicyclic) bond motifs is 1. The van der Waals surface area contributed by atoms with E-state index in [1.165, 1.54) is 53.7 Å². The minimum absolute atomic E-state index is 0.296. The second-order valence-corrected chi connectivity index (χ2v) is 10.7. The van der Waals surface area contributed by atoms with E-state index in [4.69, 9.17) is 21.8 Å². The van der Waals surface area contributed by atoms with Gasteiger partial charge in [0.25, 0.3) is 0 Å². The number of aromatic nitrogens is 1. The Hall–Kier alpha value is -2.29. The van der Waals surface area contributed by atoms with Gasteiger partial charge in [0.2, 0.25) is 0 Å². The van der Waals surface area contributed by atoms with Gasteiger partial charge >= 0.3 is 11.9 Å². The molecule has 4 N–H and O–H groups in total. The fourth-order valence-corrected chi connectivity index (χ4v) is 5.93. The number of carboxylic acids is 2. The molecule has 0 radical (unpaired) electrons. The van der Waals surface area contributed by atoms with Crippen molar-refractivity contribution < 1.29 is 19.8 Å². The number of nitrogens with zero attached hydrogens (tertiary/aromatic N) is 1. The minimum Gasteiger partial charge on any atom is -0.481 e. The fraction of sp³-hybridized carbons (Fsp3) is 0.519. The standard InChI is InChI=1S/C23H30ClN3S.C4H6O4/c24-21-8-7-19-10-12-25-13-11-20(19)23(21)28-16-18-6-9-22(27-15-18)26-14-17-4-2-1-3-5-17;5-3(6)1-2-4(7)8/h6-9,15,17,25H,1-5,10-14,16H2,(H,26,27);1-2H2,(H,5,6)(H,7,8). The predicted molar refractivity (Wildman–Crippen MR) is 145 cm³/mol. The van der Waals surface area contributed by atoms with Crippen LogP contribution in [0.3, 0.4) is 0 Å². The molecular weight excluding hydrogens is 498 g/mol. The number of hydrogen-bond acceptors (Lipinski definition) is 6. The molecule has 1 aromatic carbocycles. The number of halogens is 1. The summed E-state index contributed by atoms with van der Waals surface area (Å²) in [6, 6.07) is 8.57. The SMILES string of the molecule is Clc1ccc2c(c1SCc1ccc(NCC3CCCCC3)nc1)CCNCC2.O=C(O)CCC(=O)O. The van der Waals surface area contributed by atoms with Gasteiger partial charge in [-0.15, -0.1) is 11.8 Å². The van der Waals surface area contributed by atoms with Gasteiger partial charge < -0.3 is 20.8 Å². The van der Waals surface area contributed by atoms with E-state index in [1.54, 1.807) is 0 Å². The van der Waals surface area contributed by atoms with Crippen LogP contribution in [-0.2, 0) is 28.2 Å². The average molecular weight is 534 g/mol. The number of nitrogens with one attached hydrogen (secondary N) is 2. The van der Waals surface area contributed by atoms with E-state index < -0.39 is 11.9 Å². The molecule has 0 atom stereocenters. The third-order valence-electron chi connectivity index (χ3n) is 6.49. The van der Waals surface area contributed by atoms with Gasteiger partial charge in [-0.05, 0) is 73.5 Å². The lowest BCUT2D eigenvalue weighted by molar-refractivity contribution is -0.143. The zero-order valence-corrected chi connectivity index (χ0v) is 22.2. The molecule has 0 saturated heterocycles. The zero-order valence-electron chi connectivity index (χ0n) is 20.6. The van der Waals surface area contributed by atoms with Crippen molar-refractivity contribution in [1.29, 1.82) is 0 Å². The summed E-state index contributed by atoms with van der Waals surface area (Å²) in [4.78, 5) is 25.2. The first kappa shape index (κ1) is 28.3. The van der Waals surface area contributed by atoms with Crippen LogP contribution in [0.1, 0.15) is 61.6 Å². The van der Waals surface area contributed by atoms with Crippen LogP contribution in [0.25, 0.3) is 0 Å². The third kappa shape index (κ3) is 9.64. The molecule has 4 rings (SSSR count). The number of aliphatic carboxylic acids is 2. The van der Waals surface area contributed by atoms with Crippen molar-refractivity contribution in [2.45, 2.75) is 68.4 Å². The molecular formula is C27H36ClN3O4S. The Labute approximate surface area is 222 Å². The smallest absolute Gasteiger partial charge is 0.303 e. The molecule has 9 heteroatoms. The van der Waals surface area contributed by atoms with Crippen molar-refractivity contribution in [1.82, 2.24) is 10.3 Å². The normalized spacial score (nSPS) is 15.7. The van der Waals surface area contributed by atoms with Crippen molar-refractivity contribution in [3.05, 3.63) is 52.2 Å². The van der Waals surface area contributed by atoms with E-state index in [9.17, 15) is 9.59 Å². The molecule has 1 aliphatic carbocycles. The second kappa shape index (κ2) is 15.1. The third-order valence-corrected chi connectivity index (χ3v) is 8.15. The Bertz CT molecular complexity index is 983. The molecule has 2 aromatic rings. The lowest BCUT2D eigenvalue weighted by Crippen LogP contribution is -2.17. The summed E-state index contributed by atoms with van der Waals surface area (Å²) < 4.78 is 0. The Morgan fingerprint density at radius 1 is 1.03 bits per heavy atom. The number of carboxylic acid groups (broad SMARTS) is 2. The summed E-state index contributed by atoms with van der Waals surface area (Å²) in [5, 5.41) is 23.7. The van der Waals surface area contributed by atoms with Crippen LogP contribution in [-0.4, -0.2) is 46.8 Å². The van der Waals surface area contributed by atoms with Crippen molar-refractivity contribution in [2.24, 2.45) is 5.92 Å². The highest BCUT2D eigenvalue weighted by Gasteiger charge is 2.16. The van der Waals surface area contributed by atoms with E-state index >= 15 is 0 Å². The first-order chi connectivity index (χ1) is 17.4. The minimum atomic E-state index is -1.08. The lowest BCUT2D eigenvalue weighted by atomic mass is 9.89. The van der Waals surface area contributed by atoms with Crippen LogP contribution in [0.15, 0.2) is 35.4 Å². The molecule has 196 valence electrons. The molecule has 1 saturated carbocycles. The van der Waals surface area contributed by atoms with Crippen LogP contribution in [0.2, 0.25) is 5.02 Å². The number of benzene rings is 1. The van der Waals surface area contributed by atoms with E-state index in [2.05, 4.69) is 39.9 Å². The molecule has 2 aliphatic rings. The number of rotatable bonds is 9. The Morgan fingerprint density at radius 2 is 1.75 bits per heavy atom. The Balaban J connectivity index is 0.000000392. The summed E-state index contributed by atoms with van der Waals surface area (Å²) in [6.45, 7) is 3.14. The molecule has 1 fully saturated rings. The van der Waals surface area contributed by atoms with Crippen molar-refractivity contribution in [3.8, 4) is 0 Å². The maximum atomic E-state index is 9.64. The van der Waals surface area contributed by atoms with E-state index in [-0.39, 0.29) is 12.8 Å². The Kier molecular flexibility index (Phi) is 11.8. The molecule has 2 heterocycles. The molecule has 1 aliphatic heterocycles.